The molecular formula is C83H145N29O21S2. The highest BCUT2D eigenvalue weighted by molar-refractivity contribution is 7.80. The molecule has 0 aliphatic rings. The molecule has 0 saturated heterocycles. The van der Waals surface area contributed by atoms with Gasteiger partial charge in [-0.15, -0.1) is 0 Å². The molecular weight excluding hydrogens is 1800 g/mol. The van der Waals surface area contributed by atoms with Gasteiger partial charge in [-0.1, -0.05) is 106 Å². The molecule has 135 heavy (non-hydrogen) atoms. The molecule has 0 aromatic heterocycles. The van der Waals surface area contributed by atoms with Crippen molar-refractivity contribution in [2.24, 2.45) is 64.0 Å². The molecule has 760 valence electrons. The van der Waals surface area contributed by atoms with Crippen LogP contribution < -0.4 is 135 Å². The summed E-state index contributed by atoms with van der Waals surface area (Å²) in [7, 11) is 0. The molecule has 0 bridgehead atoms. The van der Waals surface area contributed by atoms with E-state index >= 15 is 0 Å². The molecule has 16 amide bonds. The molecule has 17 atom stereocenters. The zero-order chi connectivity index (χ0) is 103. The highest BCUT2D eigenvalue weighted by Gasteiger charge is 2.41. The van der Waals surface area contributed by atoms with E-state index in [-0.39, 0.29) is 121 Å². The average molecular weight is 1950 g/mol. The van der Waals surface area contributed by atoms with Crippen molar-refractivity contribution in [3.63, 3.8) is 0 Å². The maximum Gasteiger partial charge on any atom is 0.326 e. The third-order valence-electron chi connectivity index (χ3n) is 20.8. The van der Waals surface area contributed by atoms with Crippen molar-refractivity contribution in [3.05, 3.63) is 35.9 Å². The summed E-state index contributed by atoms with van der Waals surface area (Å²) in [5.41, 5.74) is 34.0. The first kappa shape index (κ1) is 120. The van der Waals surface area contributed by atoms with Crippen LogP contribution in [-0.2, 0) is 92.7 Å². The minimum absolute atomic E-state index is 0.00387. The van der Waals surface area contributed by atoms with Gasteiger partial charge in [-0.3, -0.25) is 103 Å². The third kappa shape index (κ3) is 48.7. The predicted octanol–water partition coefficient (Wildman–Crippen LogP) is -7.58. The Labute approximate surface area is 795 Å². The SMILES string of the molecule is CC[C@H](C)[C@H](NC(=O)[C@H](CS)NC(=O)[C@@H](NC(=O)[C@@H](NC(=O)[C@H](CCC(N)=O)NC(=O)[C@H](CCCNC(=N)N)NC(=O)[C@@H](NC(=O)[C@@H](N)CCC(=O)O)C(C)C)C(C)C)[C@@H](C)O)C(=O)N[C@@H](CCCNC(=N)N)C(=O)N[C@@H](CS)C(=O)N[C@@H](CCCNC(=N)N)C(=O)N[C@@H](CCCNC(=N)N)C(=O)NCC(=O)N[C@@H](Cc1ccccc1)C(=O)N[C@@H](CC(C)C)C(=O)N[C@@H](CC(C)C)C(=O)O. The van der Waals surface area contributed by atoms with Crippen LogP contribution in [0.15, 0.2) is 30.3 Å². The van der Waals surface area contributed by atoms with Crippen molar-refractivity contribution in [1.29, 1.82) is 21.6 Å². The molecule has 0 spiro atoms. The third-order valence-corrected chi connectivity index (χ3v) is 21.5. The van der Waals surface area contributed by atoms with Crippen LogP contribution in [-0.4, -0.2) is 287 Å². The molecule has 0 aliphatic heterocycles. The molecule has 50 nitrogen and oxygen atoms in total. The summed E-state index contributed by atoms with van der Waals surface area (Å²) in [6, 6.07) is -14.4. The number of nitrogens with one attached hydrogen (secondary N) is 23. The first-order valence-corrected chi connectivity index (χ1v) is 45.8. The monoisotopic (exact) mass is 1950 g/mol. The highest BCUT2D eigenvalue weighted by atomic mass is 32.1. The fourth-order valence-electron chi connectivity index (χ4n) is 13.1. The number of hydrogen-bond acceptors (Lipinski definition) is 26. The van der Waals surface area contributed by atoms with Crippen LogP contribution in [0.1, 0.15) is 178 Å². The van der Waals surface area contributed by atoms with Gasteiger partial charge in [-0.2, -0.15) is 25.3 Å². The van der Waals surface area contributed by atoms with Gasteiger partial charge < -0.3 is 151 Å². The van der Waals surface area contributed by atoms with Crippen molar-refractivity contribution in [2.45, 2.75) is 276 Å². The number of thiol groups is 2. The van der Waals surface area contributed by atoms with Crippen molar-refractivity contribution in [2.75, 3.05) is 44.2 Å². The maximum absolute atomic E-state index is 14.7. The van der Waals surface area contributed by atoms with E-state index in [0.29, 0.717) is 5.56 Å². The van der Waals surface area contributed by atoms with Gasteiger partial charge in [-0.05, 0) is 119 Å². The molecule has 0 heterocycles. The second-order valence-electron chi connectivity index (χ2n) is 34.1. The average Bonchev–Trinajstić information content (AvgIpc) is 0.838. The predicted molar refractivity (Wildman–Crippen MR) is 505 cm³/mol. The largest absolute Gasteiger partial charge is 0.481 e. The Hall–Kier alpha value is -12.6. The summed E-state index contributed by atoms with van der Waals surface area (Å²) in [6.45, 7) is 16.6. The van der Waals surface area contributed by atoms with Crippen LogP contribution in [0.3, 0.4) is 0 Å². The van der Waals surface area contributed by atoms with E-state index in [0.717, 1.165) is 6.92 Å². The number of carbonyl (C=O) groups excluding carboxylic acids is 16. The molecule has 1 aromatic rings. The number of carboxylic acid groups (broad SMARTS) is 2. The van der Waals surface area contributed by atoms with E-state index < -0.39 is 282 Å². The molecule has 0 aliphatic carbocycles. The Kier molecular flexibility index (Phi) is 56.7. The number of carboxylic acids is 2. The summed E-state index contributed by atoms with van der Waals surface area (Å²) in [5.74, 6) is -23.6. The lowest BCUT2D eigenvalue weighted by Crippen LogP contribution is -2.63. The summed E-state index contributed by atoms with van der Waals surface area (Å²) in [5, 5.41) is 109. The number of nitrogens with two attached hydrogens (primary N) is 6. The molecule has 1 aromatic carbocycles. The standard InChI is InChI=1S/C83H145N29O21S2/c1-12-44(10)63(111-74(127)57(39-135)108-78(131)64(45(11)113)112-76(129)62(43(8)9)110-70(123)52(27-28-58(85)114)102-68(121)50(24-18-32-96-82(90)91)103-75(128)61(42(6)7)109-65(118)47(84)26-29-60(116)117)77(130)104-51(25-19-33-97-83(92)93)69(122)107-56(38-134)73(126)101-49(23-17-31-95-81(88)89)67(120)100-48(22-16-30-94-80(86)87)66(119)98-37-59(115)99-54(36-46-20-14-13-15-21-46)72(125)105-53(34-40(2)3)71(124)106-55(79(132)133)35-41(4)5/h13-15,20-21,40-45,47-57,61-64,113,134-135H,12,16-19,22-39,84H2,1-11H3,(H2,85,114)(H,98,119)(H,99,115)(H,100,120)(H,101,126)(H,102,121)(H,103,128)(H,104,130)(H,105,125)(H,106,124)(H,107,122)(H,108,131)(H,109,118)(H,110,123)(H,111,127)(H,112,129)(H,116,117)(H,132,133)(H4,86,87,94)(H4,88,89,95)(H4,90,91,96)(H4,92,93,97)/t44-,45+,47-,48-,49-,50-,51-,52-,53-,54-,55-,56-,57-,61-,62-,63-,64-/m0/s1. The second kappa shape index (κ2) is 63.5. The topological polar surface area (TPSA) is 848 Å². The van der Waals surface area contributed by atoms with Gasteiger partial charge in [0.1, 0.15) is 84.6 Å². The molecule has 1 rings (SSSR count). The quantitative estimate of drug-likeness (QED) is 0.0125. The summed E-state index contributed by atoms with van der Waals surface area (Å²) in [6.07, 6.45) is -4.05. The number of aliphatic hydroxyl groups excluding tert-OH is 1. The second-order valence-corrected chi connectivity index (χ2v) is 34.8. The van der Waals surface area contributed by atoms with Crippen molar-refractivity contribution >= 4 is 156 Å². The van der Waals surface area contributed by atoms with Crippen molar-refractivity contribution in [1.82, 2.24) is 101 Å². The van der Waals surface area contributed by atoms with Crippen LogP contribution in [0.2, 0.25) is 0 Å². The van der Waals surface area contributed by atoms with Gasteiger partial charge in [0.15, 0.2) is 23.8 Å². The molecule has 0 unspecified atom stereocenters. The normalized spacial score (nSPS) is 14.9. The Morgan fingerprint density at radius 1 is 0.356 bits per heavy atom. The van der Waals surface area contributed by atoms with E-state index in [1.54, 1.807) is 85.7 Å². The summed E-state index contributed by atoms with van der Waals surface area (Å²) < 4.78 is 0. The van der Waals surface area contributed by atoms with Gasteiger partial charge in [-0.25, -0.2) is 4.79 Å². The van der Waals surface area contributed by atoms with E-state index in [1.807, 2.05) is 0 Å². The molecule has 52 heteroatoms. The lowest BCUT2D eigenvalue weighted by Gasteiger charge is -2.30. The van der Waals surface area contributed by atoms with E-state index in [9.17, 15) is 96.5 Å². The van der Waals surface area contributed by atoms with E-state index in [2.05, 4.69) is 126 Å². The number of aliphatic hydroxyl groups is 1. The number of amides is 16. The van der Waals surface area contributed by atoms with Gasteiger partial charge in [0.2, 0.25) is 94.5 Å². The molecule has 0 saturated carbocycles. The number of rotatable bonds is 66. The number of carbonyl (C=O) groups is 18. The van der Waals surface area contributed by atoms with Crippen LogP contribution in [0.5, 0.6) is 0 Å². The fraction of sp³-hybridized carbons (Fsp3) is 0.663. The van der Waals surface area contributed by atoms with E-state index in [1.165, 1.54) is 13.8 Å². The van der Waals surface area contributed by atoms with E-state index in [4.69, 9.17) is 61.1 Å². The molecule has 0 radical (unpaired) electrons. The smallest absolute Gasteiger partial charge is 0.326 e. The minimum Gasteiger partial charge on any atom is -0.481 e. The Balaban J connectivity index is 3.72. The number of guanidine groups is 4. The Morgan fingerprint density at radius 3 is 1.07 bits per heavy atom. The van der Waals surface area contributed by atoms with Crippen LogP contribution >= 0.6 is 25.3 Å². The number of benzene rings is 1. The Morgan fingerprint density at radius 2 is 0.674 bits per heavy atom. The molecule has 0 fully saturated rings. The van der Waals surface area contributed by atoms with Gasteiger partial charge >= 0.3 is 11.9 Å². The van der Waals surface area contributed by atoms with Gasteiger partial charge in [0.05, 0.1) is 18.7 Å². The number of aliphatic carboxylic acids is 2. The fourth-order valence-corrected chi connectivity index (χ4v) is 13.7. The lowest BCUT2D eigenvalue weighted by atomic mass is 9.97. The van der Waals surface area contributed by atoms with Crippen LogP contribution in [0.25, 0.3) is 0 Å². The van der Waals surface area contributed by atoms with Crippen LogP contribution in [0.4, 0.5) is 0 Å². The Bertz CT molecular complexity index is 4160. The minimum atomic E-state index is -1.92. The maximum atomic E-state index is 14.7. The first-order chi connectivity index (χ1) is 63.3. The highest BCUT2D eigenvalue weighted by Crippen LogP contribution is 2.17. The van der Waals surface area contributed by atoms with Gasteiger partial charge in [0.25, 0.3) is 0 Å². The van der Waals surface area contributed by atoms with Crippen molar-refractivity contribution < 1.29 is 102 Å². The zero-order valence-corrected chi connectivity index (χ0v) is 80.1. The summed E-state index contributed by atoms with van der Waals surface area (Å²) >= 11 is 8.63. The molecule has 38 N–H and O–H groups in total. The number of primary amides is 1. The zero-order valence-electron chi connectivity index (χ0n) is 78.3. The van der Waals surface area contributed by atoms with Crippen LogP contribution in [0, 0.1) is 51.2 Å². The summed E-state index contributed by atoms with van der Waals surface area (Å²) in [4.78, 5) is 249. The van der Waals surface area contributed by atoms with Crippen molar-refractivity contribution in [3.8, 4) is 0 Å². The van der Waals surface area contributed by atoms with Gasteiger partial charge in [0, 0.05) is 56.9 Å². The first-order valence-electron chi connectivity index (χ1n) is 44.5. The lowest BCUT2D eigenvalue weighted by molar-refractivity contribution is -0.143. The number of hydrogen-bond donors (Lipinski definition) is 34.